The molecule has 0 unspecified atom stereocenters. The monoisotopic (exact) mass is 429 g/mol. The van der Waals surface area contributed by atoms with Gasteiger partial charge in [-0.3, -0.25) is 4.68 Å². The van der Waals surface area contributed by atoms with Crippen LogP contribution in [0.25, 0.3) is 11.1 Å². The topological polar surface area (TPSA) is 125 Å². The van der Waals surface area contributed by atoms with E-state index in [1.165, 1.54) is 13.2 Å². The number of benzene rings is 1. The average molecular weight is 429 g/mol. The second-order valence-electron chi connectivity index (χ2n) is 6.89. The quantitative estimate of drug-likeness (QED) is 0.499. The van der Waals surface area contributed by atoms with Crippen LogP contribution in [0.2, 0.25) is 0 Å². The third-order valence-corrected chi connectivity index (χ3v) is 4.83. The number of hydrogen-bond donors (Lipinski definition) is 3. The average Bonchev–Trinajstić information content (AvgIpc) is 3.05. The highest BCUT2D eigenvalue weighted by Gasteiger charge is 2.22. The largest absolute Gasteiger partial charge is 0.482 e. The number of carbonyl (C=O) groups is 1. The third-order valence-electron chi connectivity index (χ3n) is 4.83. The van der Waals surface area contributed by atoms with E-state index < -0.39 is 17.9 Å². The lowest BCUT2D eigenvalue weighted by Gasteiger charge is -2.19. The number of nitrogens with zero attached hydrogens (tertiary/aromatic N) is 3. The summed E-state index contributed by atoms with van der Waals surface area (Å²) in [7, 11) is 5.15. The number of halogens is 1. The molecule has 0 radical (unpaired) electrons. The Morgan fingerprint density at radius 2 is 2.13 bits per heavy atom. The summed E-state index contributed by atoms with van der Waals surface area (Å²) in [5.41, 5.74) is 8.38. The Kier molecular flexibility index (Phi) is 6.40. The highest BCUT2D eigenvalue weighted by atomic mass is 19.1. The molecule has 0 amide bonds. The Morgan fingerprint density at radius 1 is 1.39 bits per heavy atom. The molecular formula is C21H24FN5O4. The van der Waals surface area contributed by atoms with Crippen LogP contribution >= 0.6 is 0 Å². The molecule has 164 valence electrons. The van der Waals surface area contributed by atoms with E-state index in [0.717, 1.165) is 23.4 Å². The Labute approximate surface area is 178 Å². The van der Waals surface area contributed by atoms with E-state index in [2.05, 4.69) is 15.4 Å². The van der Waals surface area contributed by atoms with Crippen molar-refractivity contribution in [3.63, 3.8) is 0 Å². The predicted molar refractivity (Wildman–Crippen MR) is 113 cm³/mol. The second-order valence-corrected chi connectivity index (χ2v) is 6.89. The van der Waals surface area contributed by atoms with E-state index in [-0.39, 0.29) is 22.7 Å². The fourth-order valence-electron chi connectivity index (χ4n) is 3.34. The van der Waals surface area contributed by atoms with E-state index in [1.54, 1.807) is 30.9 Å². The summed E-state index contributed by atoms with van der Waals surface area (Å²) in [6.45, 7) is 2.15. The Balaban J connectivity index is 2.02. The van der Waals surface area contributed by atoms with Crippen molar-refractivity contribution in [3.05, 3.63) is 53.1 Å². The molecule has 3 aromatic rings. The van der Waals surface area contributed by atoms with E-state index in [9.17, 15) is 14.3 Å². The van der Waals surface area contributed by atoms with Gasteiger partial charge in [-0.25, -0.2) is 14.2 Å². The number of anilines is 1. The van der Waals surface area contributed by atoms with Crippen molar-refractivity contribution in [2.24, 2.45) is 7.05 Å². The van der Waals surface area contributed by atoms with Crippen LogP contribution in [0.3, 0.4) is 0 Å². The summed E-state index contributed by atoms with van der Waals surface area (Å²) in [4.78, 5) is 15.7. The third kappa shape index (κ3) is 4.43. The summed E-state index contributed by atoms with van der Waals surface area (Å²) in [6, 6.07) is 5.11. The minimum absolute atomic E-state index is 0.0539. The first-order valence-electron chi connectivity index (χ1n) is 9.46. The number of nitrogens with two attached hydrogens (primary N) is 1. The van der Waals surface area contributed by atoms with Crippen molar-refractivity contribution in [2.75, 3.05) is 19.9 Å². The normalized spacial score (nSPS) is 11.9. The fourth-order valence-corrected chi connectivity index (χ4v) is 3.34. The summed E-state index contributed by atoms with van der Waals surface area (Å²) in [5.74, 6) is -0.986. The number of aromatic carboxylic acids is 1. The molecule has 2 aromatic heterocycles. The number of carboxylic acid groups (broad SMARTS) is 1. The molecule has 0 aliphatic rings. The summed E-state index contributed by atoms with van der Waals surface area (Å²) < 4.78 is 26.8. The molecule has 0 saturated carbocycles. The molecule has 1 atom stereocenters. The van der Waals surface area contributed by atoms with Crippen LogP contribution < -0.4 is 20.5 Å². The smallest absolute Gasteiger partial charge is 0.336 e. The SMILES string of the molecule is CNCc1c(-c2cnc(N)c(O[C@H](C)c3cc(F)ccc3C(=O)O)c2)c(OC)nn1C. The number of rotatable bonds is 8. The Bertz CT molecular complexity index is 1120. The van der Waals surface area contributed by atoms with Gasteiger partial charge in [-0.15, -0.1) is 5.10 Å². The minimum atomic E-state index is -1.18. The molecule has 0 fully saturated rings. The van der Waals surface area contributed by atoms with Crippen molar-refractivity contribution < 1.29 is 23.8 Å². The summed E-state index contributed by atoms with van der Waals surface area (Å²) in [6.07, 6.45) is 0.782. The zero-order chi connectivity index (χ0) is 22.7. The molecule has 10 heteroatoms. The molecule has 9 nitrogen and oxygen atoms in total. The lowest BCUT2D eigenvalue weighted by Crippen LogP contribution is -2.12. The lowest BCUT2D eigenvalue weighted by molar-refractivity contribution is 0.0691. The van der Waals surface area contributed by atoms with Crippen LogP contribution in [-0.2, 0) is 13.6 Å². The van der Waals surface area contributed by atoms with Crippen LogP contribution in [0.5, 0.6) is 11.6 Å². The highest BCUT2D eigenvalue weighted by Crippen LogP contribution is 2.37. The second kappa shape index (κ2) is 9.00. The number of nitrogens with one attached hydrogen (secondary N) is 1. The number of methoxy groups -OCH3 is 1. The van der Waals surface area contributed by atoms with Gasteiger partial charge in [0.25, 0.3) is 0 Å². The van der Waals surface area contributed by atoms with Crippen molar-refractivity contribution in [3.8, 4) is 22.8 Å². The van der Waals surface area contributed by atoms with Crippen molar-refractivity contribution in [2.45, 2.75) is 19.6 Å². The molecule has 2 heterocycles. The molecular weight excluding hydrogens is 405 g/mol. The Hall–Kier alpha value is -3.66. The number of carboxylic acids is 1. The van der Waals surface area contributed by atoms with Crippen LogP contribution in [0.15, 0.2) is 30.5 Å². The molecule has 0 saturated heterocycles. The number of pyridine rings is 1. The van der Waals surface area contributed by atoms with Crippen molar-refractivity contribution >= 4 is 11.8 Å². The zero-order valence-electron chi connectivity index (χ0n) is 17.6. The van der Waals surface area contributed by atoms with Gasteiger partial charge in [-0.2, -0.15) is 0 Å². The molecule has 4 N–H and O–H groups in total. The minimum Gasteiger partial charge on any atom is -0.482 e. The molecule has 0 spiro atoms. The maximum absolute atomic E-state index is 13.8. The number of aryl methyl sites for hydroxylation is 1. The van der Waals surface area contributed by atoms with Crippen molar-refractivity contribution in [1.82, 2.24) is 20.1 Å². The molecule has 0 aliphatic heterocycles. The van der Waals surface area contributed by atoms with E-state index in [0.29, 0.717) is 18.0 Å². The lowest BCUT2D eigenvalue weighted by atomic mass is 10.0. The van der Waals surface area contributed by atoms with Gasteiger partial charge in [0.05, 0.1) is 23.9 Å². The van der Waals surface area contributed by atoms with Gasteiger partial charge in [-0.1, -0.05) is 0 Å². The van der Waals surface area contributed by atoms with Gasteiger partial charge >= 0.3 is 5.97 Å². The number of hydrogen-bond acceptors (Lipinski definition) is 7. The first kappa shape index (κ1) is 22.0. The van der Waals surface area contributed by atoms with Gasteiger partial charge < -0.3 is 25.6 Å². The number of ether oxygens (including phenoxy) is 2. The maximum atomic E-state index is 13.8. The van der Waals surface area contributed by atoms with Crippen LogP contribution in [-0.4, -0.2) is 40.0 Å². The van der Waals surface area contributed by atoms with E-state index in [4.69, 9.17) is 15.2 Å². The molecule has 3 rings (SSSR count). The van der Waals surface area contributed by atoms with E-state index in [1.807, 2.05) is 7.05 Å². The number of aromatic nitrogens is 3. The van der Waals surface area contributed by atoms with Crippen LogP contribution in [0, 0.1) is 5.82 Å². The van der Waals surface area contributed by atoms with Crippen LogP contribution in [0.4, 0.5) is 10.2 Å². The van der Waals surface area contributed by atoms with Gasteiger partial charge in [0.15, 0.2) is 11.6 Å². The zero-order valence-corrected chi connectivity index (χ0v) is 17.6. The predicted octanol–water partition coefficient (Wildman–Crippen LogP) is 2.77. The molecule has 0 aliphatic carbocycles. The number of nitrogen functional groups attached to an aromatic ring is 1. The Morgan fingerprint density at radius 3 is 2.77 bits per heavy atom. The fraction of sp³-hybridized carbons (Fsp3) is 0.286. The molecule has 1 aromatic carbocycles. The van der Waals surface area contributed by atoms with E-state index >= 15 is 0 Å². The molecule has 31 heavy (non-hydrogen) atoms. The van der Waals surface area contributed by atoms with Gasteiger partial charge in [-0.05, 0) is 38.2 Å². The van der Waals surface area contributed by atoms with Gasteiger partial charge in [0.2, 0.25) is 5.88 Å². The highest BCUT2D eigenvalue weighted by molar-refractivity contribution is 5.89. The summed E-state index contributed by atoms with van der Waals surface area (Å²) >= 11 is 0. The standard InChI is InChI=1S/C21H24FN5O4/c1-11(15-8-13(22)5-6-14(15)21(28)29)31-17-7-12(9-25-19(17)23)18-16(10-24-2)27(3)26-20(18)30-4/h5-9,11,24H,10H2,1-4H3,(H2,23,25)(H,28,29)/t11-/m1/s1. The van der Waals surface area contributed by atoms with Crippen molar-refractivity contribution in [1.29, 1.82) is 0 Å². The molecule has 0 bridgehead atoms. The first-order valence-corrected chi connectivity index (χ1v) is 9.46. The van der Waals surface area contributed by atoms with Gasteiger partial charge in [0, 0.05) is 30.9 Å². The maximum Gasteiger partial charge on any atom is 0.336 e. The summed E-state index contributed by atoms with van der Waals surface area (Å²) in [5, 5.41) is 16.9. The van der Waals surface area contributed by atoms with Gasteiger partial charge in [0.1, 0.15) is 11.9 Å². The van der Waals surface area contributed by atoms with Crippen LogP contribution in [0.1, 0.15) is 34.6 Å². The first-order chi connectivity index (χ1) is 14.8.